The molecule has 0 spiro atoms. The van der Waals surface area contributed by atoms with Crippen LogP contribution in [-0.4, -0.2) is 30.0 Å². The number of aryl methyl sites for hydroxylation is 1. The molecule has 0 radical (unpaired) electrons. The molecule has 0 aliphatic rings. The van der Waals surface area contributed by atoms with Gasteiger partial charge in [-0.2, -0.15) is 9.90 Å². The van der Waals surface area contributed by atoms with Crippen molar-refractivity contribution in [3.05, 3.63) is 71.9 Å². The van der Waals surface area contributed by atoms with Gasteiger partial charge in [-0.1, -0.05) is 48.0 Å². The fourth-order valence-electron chi connectivity index (χ4n) is 2.65. The van der Waals surface area contributed by atoms with Gasteiger partial charge in [0.1, 0.15) is 5.03 Å². The predicted molar refractivity (Wildman–Crippen MR) is 97.9 cm³/mol. The van der Waals surface area contributed by atoms with E-state index in [1.165, 1.54) is 5.56 Å². The second-order valence-corrected chi connectivity index (χ2v) is 6.19. The maximum absolute atomic E-state index is 4.59. The van der Waals surface area contributed by atoms with Crippen LogP contribution in [0.3, 0.4) is 0 Å². The third kappa shape index (κ3) is 3.18. The molecule has 4 aromatic rings. The average Bonchev–Trinajstić information content (AvgIpc) is 3.22. The lowest BCUT2D eigenvalue weighted by molar-refractivity contribution is 0.572. The summed E-state index contributed by atoms with van der Waals surface area (Å²) in [6, 6.07) is 18.1. The van der Waals surface area contributed by atoms with E-state index in [-0.39, 0.29) is 0 Å². The Balaban J connectivity index is 1.61. The number of aromatic nitrogens is 6. The van der Waals surface area contributed by atoms with Crippen LogP contribution in [0.4, 0.5) is 0 Å². The second-order valence-electron chi connectivity index (χ2n) is 5.76. The summed E-state index contributed by atoms with van der Waals surface area (Å²) in [7, 11) is 0. The van der Waals surface area contributed by atoms with Gasteiger partial charge in [-0.05, 0) is 29.8 Å². The van der Waals surface area contributed by atoms with Crippen LogP contribution in [-0.2, 0) is 6.54 Å². The first kappa shape index (κ1) is 15.6. The van der Waals surface area contributed by atoms with E-state index in [4.69, 9.17) is 0 Å². The van der Waals surface area contributed by atoms with Gasteiger partial charge in [-0.25, -0.2) is 4.68 Å². The van der Waals surface area contributed by atoms with Crippen LogP contribution >= 0.6 is 12.6 Å². The molecule has 6 nitrogen and oxygen atoms in total. The maximum atomic E-state index is 4.59. The number of hydrogen-bond donors (Lipinski definition) is 1. The highest BCUT2D eigenvalue weighted by Crippen LogP contribution is 2.25. The molecule has 2 heterocycles. The highest BCUT2D eigenvalue weighted by atomic mass is 32.1. The minimum absolute atomic E-state index is 0.514. The quantitative estimate of drug-likeness (QED) is 0.576. The minimum Gasteiger partial charge on any atom is -0.227 e. The number of benzene rings is 2. The predicted octanol–water partition coefficient (Wildman–Crippen LogP) is 3.17. The molecule has 0 aliphatic heterocycles. The van der Waals surface area contributed by atoms with Crippen molar-refractivity contribution in [3.8, 4) is 17.1 Å². The van der Waals surface area contributed by atoms with E-state index < -0.39 is 0 Å². The van der Waals surface area contributed by atoms with E-state index in [0.29, 0.717) is 17.4 Å². The number of para-hydroxylation sites is 1. The zero-order chi connectivity index (χ0) is 17.2. The Kier molecular flexibility index (Phi) is 4.07. The normalized spacial score (nSPS) is 11.0. The fourth-order valence-corrected chi connectivity index (χ4v) is 2.97. The van der Waals surface area contributed by atoms with Crippen molar-refractivity contribution in [3.63, 3.8) is 0 Å². The van der Waals surface area contributed by atoms with Gasteiger partial charge < -0.3 is 0 Å². The zero-order valence-corrected chi connectivity index (χ0v) is 14.5. The lowest BCUT2D eigenvalue weighted by Crippen LogP contribution is -2.04. The monoisotopic (exact) mass is 348 g/mol. The van der Waals surface area contributed by atoms with Crippen molar-refractivity contribution in [1.29, 1.82) is 0 Å². The van der Waals surface area contributed by atoms with Crippen LogP contribution in [0.1, 0.15) is 11.1 Å². The highest BCUT2D eigenvalue weighted by Gasteiger charge is 2.15. The molecule has 0 aliphatic carbocycles. The SMILES string of the molecule is Cc1cccc(Cn2nnc(-c3cnn(-c4ccccc4)c3S)n2)c1. The van der Waals surface area contributed by atoms with Gasteiger partial charge in [0, 0.05) is 0 Å². The van der Waals surface area contributed by atoms with Gasteiger partial charge >= 0.3 is 0 Å². The maximum Gasteiger partial charge on any atom is 0.209 e. The van der Waals surface area contributed by atoms with Crippen molar-refractivity contribution in [2.24, 2.45) is 0 Å². The largest absolute Gasteiger partial charge is 0.227 e. The zero-order valence-electron chi connectivity index (χ0n) is 13.6. The first-order chi connectivity index (χ1) is 12.2. The molecule has 2 aromatic heterocycles. The molecule has 0 N–H and O–H groups in total. The summed E-state index contributed by atoms with van der Waals surface area (Å²) < 4.78 is 1.75. The topological polar surface area (TPSA) is 61.4 Å². The Morgan fingerprint density at radius 3 is 2.68 bits per heavy atom. The van der Waals surface area contributed by atoms with E-state index in [9.17, 15) is 0 Å². The minimum atomic E-state index is 0.514. The second kappa shape index (κ2) is 6.52. The molecule has 0 saturated heterocycles. The summed E-state index contributed by atoms with van der Waals surface area (Å²) in [6.07, 6.45) is 1.71. The van der Waals surface area contributed by atoms with Crippen molar-refractivity contribution >= 4 is 12.6 Å². The van der Waals surface area contributed by atoms with Crippen molar-refractivity contribution in [2.75, 3.05) is 0 Å². The molecular formula is C18H16N6S. The van der Waals surface area contributed by atoms with Gasteiger partial charge in [-0.3, -0.25) is 0 Å². The van der Waals surface area contributed by atoms with E-state index in [0.717, 1.165) is 16.8 Å². The lowest BCUT2D eigenvalue weighted by atomic mass is 10.1. The average molecular weight is 348 g/mol. The van der Waals surface area contributed by atoms with E-state index in [1.807, 2.05) is 42.5 Å². The van der Waals surface area contributed by atoms with E-state index in [1.54, 1.807) is 15.7 Å². The van der Waals surface area contributed by atoms with Gasteiger partial charge in [0.25, 0.3) is 0 Å². The Bertz CT molecular complexity index is 1010. The molecule has 0 atom stereocenters. The smallest absolute Gasteiger partial charge is 0.209 e. The van der Waals surface area contributed by atoms with Crippen LogP contribution in [0, 0.1) is 6.92 Å². The number of nitrogens with zero attached hydrogens (tertiary/aromatic N) is 6. The number of rotatable bonds is 4. The van der Waals surface area contributed by atoms with Crippen LogP contribution < -0.4 is 0 Å². The molecule has 0 fully saturated rings. The molecule has 0 amide bonds. The summed E-state index contributed by atoms with van der Waals surface area (Å²) in [5.41, 5.74) is 4.03. The molecule has 25 heavy (non-hydrogen) atoms. The van der Waals surface area contributed by atoms with Crippen LogP contribution in [0.2, 0.25) is 0 Å². The van der Waals surface area contributed by atoms with Crippen LogP contribution in [0.15, 0.2) is 65.8 Å². The van der Waals surface area contributed by atoms with Crippen LogP contribution in [0.5, 0.6) is 0 Å². The molecular weight excluding hydrogens is 332 g/mol. The van der Waals surface area contributed by atoms with Gasteiger partial charge in [0.05, 0.1) is 24.0 Å². The molecule has 4 rings (SSSR count). The van der Waals surface area contributed by atoms with Gasteiger partial charge in [-0.15, -0.1) is 22.8 Å². The molecule has 0 bridgehead atoms. The lowest BCUT2D eigenvalue weighted by Gasteiger charge is -2.03. The Morgan fingerprint density at radius 2 is 1.88 bits per heavy atom. The number of thiol groups is 1. The fraction of sp³-hybridized carbons (Fsp3) is 0.111. The summed E-state index contributed by atoms with van der Waals surface area (Å²) >= 11 is 4.59. The number of hydrogen-bond acceptors (Lipinski definition) is 5. The first-order valence-electron chi connectivity index (χ1n) is 7.87. The van der Waals surface area contributed by atoms with Crippen molar-refractivity contribution in [1.82, 2.24) is 30.0 Å². The van der Waals surface area contributed by atoms with Gasteiger partial charge in [0.15, 0.2) is 0 Å². The Hall–Kier alpha value is -2.93. The molecule has 2 aromatic carbocycles. The third-order valence-electron chi connectivity index (χ3n) is 3.84. The molecule has 0 unspecified atom stereocenters. The standard InChI is InChI=1S/C18H16N6S/c1-13-6-5-7-14(10-13)12-23-21-17(20-22-23)16-11-19-24(18(16)25)15-8-3-2-4-9-15/h2-11,25H,12H2,1H3. The Labute approximate surface area is 150 Å². The molecule has 124 valence electrons. The molecule has 7 heteroatoms. The summed E-state index contributed by atoms with van der Waals surface area (Å²) in [6.45, 7) is 2.64. The van der Waals surface area contributed by atoms with Gasteiger partial charge in [0.2, 0.25) is 5.82 Å². The summed E-state index contributed by atoms with van der Waals surface area (Å²) in [5, 5.41) is 17.8. The van der Waals surface area contributed by atoms with E-state index in [2.05, 4.69) is 52.2 Å². The van der Waals surface area contributed by atoms with Crippen LogP contribution in [0.25, 0.3) is 17.1 Å². The van der Waals surface area contributed by atoms with E-state index >= 15 is 0 Å². The summed E-state index contributed by atoms with van der Waals surface area (Å²) in [4.78, 5) is 1.58. The third-order valence-corrected chi connectivity index (χ3v) is 4.28. The highest BCUT2D eigenvalue weighted by molar-refractivity contribution is 7.80. The summed E-state index contributed by atoms with van der Waals surface area (Å²) in [5.74, 6) is 0.514. The van der Waals surface area contributed by atoms with Crippen molar-refractivity contribution < 1.29 is 0 Å². The number of tetrazole rings is 1. The first-order valence-corrected chi connectivity index (χ1v) is 8.31. The molecule has 0 saturated carbocycles. The van der Waals surface area contributed by atoms with Crippen molar-refractivity contribution in [2.45, 2.75) is 18.5 Å². The Morgan fingerprint density at radius 1 is 1.04 bits per heavy atom.